The van der Waals surface area contributed by atoms with Crippen LogP contribution in [0.4, 0.5) is 11.4 Å². The highest BCUT2D eigenvalue weighted by Crippen LogP contribution is 2.48. The highest BCUT2D eigenvalue weighted by Gasteiger charge is 2.60. The largest absolute Gasteiger partial charge is 0.462 e. The number of ether oxygens (including phenoxy) is 1. The Morgan fingerprint density at radius 3 is 2.58 bits per heavy atom. The van der Waals surface area contributed by atoms with E-state index in [1.165, 1.54) is 0 Å². The molecule has 2 amide bonds. The molecule has 1 fully saturated rings. The van der Waals surface area contributed by atoms with E-state index < -0.39 is 17.4 Å². The van der Waals surface area contributed by atoms with E-state index in [-0.39, 0.29) is 17.9 Å². The quantitative estimate of drug-likeness (QED) is 0.580. The second kappa shape index (κ2) is 8.98. The van der Waals surface area contributed by atoms with Gasteiger partial charge in [-0.1, -0.05) is 31.5 Å². The van der Waals surface area contributed by atoms with Crippen molar-refractivity contribution in [1.29, 1.82) is 0 Å². The number of carbonyl (C=O) groups is 3. The Labute approximate surface area is 194 Å². The van der Waals surface area contributed by atoms with Crippen LogP contribution in [-0.4, -0.2) is 30.4 Å². The molecule has 3 atom stereocenters. The first-order valence-corrected chi connectivity index (χ1v) is 11.5. The summed E-state index contributed by atoms with van der Waals surface area (Å²) in [5, 5.41) is 9.49. The molecule has 7 heteroatoms. The zero-order valence-electron chi connectivity index (χ0n) is 19.5. The number of hydrogen-bond acceptors (Lipinski definition) is 5. The summed E-state index contributed by atoms with van der Waals surface area (Å²) < 4.78 is 5.01. The number of nitrogens with one attached hydrogen (secondary N) is 3. The first kappa shape index (κ1) is 23.0. The third-order valence-electron chi connectivity index (χ3n) is 6.42. The van der Waals surface area contributed by atoms with Gasteiger partial charge in [-0.2, -0.15) is 0 Å². The number of benzene rings is 2. The predicted octanol–water partition coefficient (Wildman–Crippen LogP) is 3.98. The van der Waals surface area contributed by atoms with Gasteiger partial charge in [0.1, 0.15) is 5.54 Å². The van der Waals surface area contributed by atoms with Crippen molar-refractivity contribution in [2.75, 3.05) is 17.2 Å². The van der Waals surface area contributed by atoms with Crippen LogP contribution >= 0.6 is 0 Å². The molecule has 2 aliphatic rings. The Morgan fingerprint density at radius 1 is 1.18 bits per heavy atom. The molecule has 3 N–H and O–H groups in total. The molecule has 7 nitrogen and oxygen atoms in total. The van der Waals surface area contributed by atoms with Gasteiger partial charge in [-0.05, 0) is 62.9 Å². The van der Waals surface area contributed by atoms with Gasteiger partial charge in [-0.3, -0.25) is 14.9 Å². The molecule has 33 heavy (non-hydrogen) atoms. The lowest BCUT2D eigenvalue weighted by atomic mass is 9.79. The van der Waals surface area contributed by atoms with Crippen LogP contribution in [-0.2, 0) is 19.9 Å². The molecule has 4 rings (SSSR count). The van der Waals surface area contributed by atoms with Gasteiger partial charge in [-0.15, -0.1) is 0 Å². The molecule has 0 radical (unpaired) electrons. The Morgan fingerprint density at radius 2 is 1.91 bits per heavy atom. The summed E-state index contributed by atoms with van der Waals surface area (Å²) in [6.07, 6.45) is 1.43. The molecule has 0 aliphatic carbocycles. The van der Waals surface area contributed by atoms with Gasteiger partial charge >= 0.3 is 5.97 Å². The summed E-state index contributed by atoms with van der Waals surface area (Å²) in [6, 6.07) is 12.5. The van der Waals surface area contributed by atoms with E-state index in [4.69, 9.17) is 4.74 Å². The Kier molecular flexibility index (Phi) is 6.26. The number of hydrogen-bond donors (Lipinski definition) is 3. The minimum absolute atomic E-state index is 0.0455. The van der Waals surface area contributed by atoms with E-state index in [0.717, 1.165) is 23.2 Å². The van der Waals surface area contributed by atoms with Crippen LogP contribution in [0.25, 0.3) is 0 Å². The minimum atomic E-state index is -1.10. The first-order chi connectivity index (χ1) is 15.7. The molecule has 2 aliphatic heterocycles. The SMILES string of the molecule is CCOC(=O)c1ccc(NC(=O)[C@@H]2C[C@H](CC(C)C)N[C@]23C(=O)Nc2ccc(C)cc23)cc1. The summed E-state index contributed by atoms with van der Waals surface area (Å²) in [6.45, 7) is 8.31. The molecule has 2 aromatic carbocycles. The van der Waals surface area contributed by atoms with Gasteiger partial charge in [0.15, 0.2) is 0 Å². The lowest BCUT2D eigenvalue weighted by Crippen LogP contribution is -2.52. The fourth-order valence-corrected chi connectivity index (χ4v) is 5.03. The lowest BCUT2D eigenvalue weighted by Gasteiger charge is -2.29. The van der Waals surface area contributed by atoms with Crippen molar-refractivity contribution in [2.45, 2.75) is 52.1 Å². The first-order valence-electron chi connectivity index (χ1n) is 11.5. The summed E-state index contributed by atoms with van der Waals surface area (Å²) in [4.78, 5) is 38.8. The molecule has 0 bridgehead atoms. The maximum absolute atomic E-state index is 13.5. The fourth-order valence-electron chi connectivity index (χ4n) is 5.03. The van der Waals surface area contributed by atoms with Gasteiger partial charge < -0.3 is 15.4 Å². The minimum Gasteiger partial charge on any atom is -0.462 e. The van der Waals surface area contributed by atoms with E-state index in [0.29, 0.717) is 30.2 Å². The number of fused-ring (bicyclic) bond motifs is 2. The van der Waals surface area contributed by atoms with Crippen molar-refractivity contribution in [2.24, 2.45) is 11.8 Å². The number of rotatable bonds is 6. The van der Waals surface area contributed by atoms with Gasteiger partial charge in [0.2, 0.25) is 11.8 Å². The number of esters is 1. The molecule has 0 unspecified atom stereocenters. The van der Waals surface area contributed by atoms with Gasteiger partial charge in [0.05, 0.1) is 18.1 Å². The van der Waals surface area contributed by atoms with Gasteiger partial charge in [-0.25, -0.2) is 4.79 Å². The zero-order valence-corrected chi connectivity index (χ0v) is 19.5. The number of aryl methyl sites for hydroxylation is 1. The average Bonchev–Trinajstić information content (AvgIpc) is 3.27. The highest BCUT2D eigenvalue weighted by atomic mass is 16.5. The molecule has 174 valence electrons. The molecule has 2 heterocycles. The maximum Gasteiger partial charge on any atom is 0.338 e. The third-order valence-corrected chi connectivity index (χ3v) is 6.42. The van der Waals surface area contributed by atoms with Crippen LogP contribution in [0.15, 0.2) is 42.5 Å². The second-order valence-corrected chi connectivity index (χ2v) is 9.36. The third kappa shape index (κ3) is 4.25. The normalized spacial score (nSPS) is 23.5. The fraction of sp³-hybridized carbons (Fsp3) is 0.423. The van der Waals surface area contributed by atoms with Crippen LogP contribution in [0, 0.1) is 18.8 Å². The van der Waals surface area contributed by atoms with Crippen molar-refractivity contribution in [1.82, 2.24) is 5.32 Å². The number of carbonyl (C=O) groups excluding carboxylic acids is 3. The van der Waals surface area contributed by atoms with Crippen LogP contribution in [0.3, 0.4) is 0 Å². The number of amides is 2. The molecule has 1 spiro atoms. The van der Waals surface area contributed by atoms with E-state index in [1.807, 2.05) is 25.1 Å². The Bertz CT molecular complexity index is 1080. The smallest absolute Gasteiger partial charge is 0.338 e. The van der Waals surface area contributed by atoms with Gasteiger partial charge in [0, 0.05) is 23.0 Å². The number of anilines is 2. The van der Waals surface area contributed by atoms with Crippen molar-refractivity contribution >= 4 is 29.2 Å². The summed E-state index contributed by atoms with van der Waals surface area (Å²) in [5.74, 6) is -0.956. The predicted molar refractivity (Wildman–Crippen MR) is 127 cm³/mol. The second-order valence-electron chi connectivity index (χ2n) is 9.36. The van der Waals surface area contributed by atoms with Crippen LogP contribution in [0.2, 0.25) is 0 Å². The lowest BCUT2D eigenvalue weighted by molar-refractivity contribution is -0.130. The topological polar surface area (TPSA) is 96.5 Å². The monoisotopic (exact) mass is 449 g/mol. The van der Waals surface area contributed by atoms with Crippen molar-refractivity contribution in [3.05, 3.63) is 59.2 Å². The van der Waals surface area contributed by atoms with Crippen LogP contribution in [0.5, 0.6) is 0 Å². The molecular formula is C26H31N3O4. The van der Waals surface area contributed by atoms with Crippen molar-refractivity contribution in [3.8, 4) is 0 Å². The van der Waals surface area contributed by atoms with Crippen molar-refractivity contribution in [3.63, 3.8) is 0 Å². The molecule has 2 aromatic rings. The summed E-state index contributed by atoms with van der Waals surface area (Å²) in [7, 11) is 0. The Hall–Kier alpha value is -3.19. The zero-order chi connectivity index (χ0) is 23.8. The summed E-state index contributed by atoms with van der Waals surface area (Å²) >= 11 is 0. The van der Waals surface area contributed by atoms with E-state index >= 15 is 0 Å². The van der Waals surface area contributed by atoms with Crippen molar-refractivity contribution < 1.29 is 19.1 Å². The van der Waals surface area contributed by atoms with E-state index in [1.54, 1.807) is 31.2 Å². The molecule has 0 aromatic heterocycles. The van der Waals surface area contributed by atoms with Crippen LogP contribution < -0.4 is 16.0 Å². The molecule has 1 saturated heterocycles. The van der Waals surface area contributed by atoms with Gasteiger partial charge in [0.25, 0.3) is 0 Å². The molecular weight excluding hydrogens is 418 g/mol. The highest BCUT2D eigenvalue weighted by molar-refractivity contribution is 6.10. The van der Waals surface area contributed by atoms with Crippen LogP contribution in [0.1, 0.15) is 55.1 Å². The standard InChI is InChI=1S/C26H31N3O4/c1-5-33-24(31)17-7-9-18(10-8-17)27-23(30)21-14-19(12-15(2)3)29-26(21)20-13-16(4)6-11-22(20)28-25(26)32/h6-11,13,15,19,21,29H,5,12,14H2,1-4H3,(H,27,30)(H,28,32)/t19-,21-,26-/m0/s1. The summed E-state index contributed by atoms with van der Waals surface area (Å²) in [5.41, 5.74) is 2.50. The maximum atomic E-state index is 13.5. The van der Waals surface area contributed by atoms with E-state index in [2.05, 4.69) is 29.8 Å². The van der Waals surface area contributed by atoms with E-state index in [9.17, 15) is 14.4 Å². The molecule has 0 saturated carbocycles. The average molecular weight is 450 g/mol. The Balaban J connectivity index is 1.63.